The summed E-state index contributed by atoms with van der Waals surface area (Å²) in [6.45, 7) is 3.61. The predicted molar refractivity (Wildman–Crippen MR) is 122 cm³/mol. The average Bonchev–Trinajstić information content (AvgIpc) is 2.76. The molecule has 3 aromatic rings. The fourth-order valence-corrected chi connectivity index (χ4v) is 6.17. The number of sulfone groups is 1. The van der Waals surface area contributed by atoms with Crippen molar-refractivity contribution in [1.82, 2.24) is 9.71 Å². The van der Waals surface area contributed by atoms with Crippen molar-refractivity contribution in [2.24, 2.45) is 0 Å². The van der Waals surface area contributed by atoms with Crippen molar-refractivity contribution in [1.29, 1.82) is 0 Å². The maximum atomic E-state index is 13.9. The number of aromatic nitrogens is 1. The minimum absolute atomic E-state index is 0.00468. The van der Waals surface area contributed by atoms with Gasteiger partial charge in [-0.15, -0.1) is 0 Å². The highest BCUT2D eigenvalue weighted by Gasteiger charge is 2.31. The number of hydrogen-bond donors (Lipinski definition) is 1. The molecule has 0 amide bonds. The van der Waals surface area contributed by atoms with E-state index < -0.39 is 43.2 Å². The molecule has 1 atom stereocenters. The molecule has 0 saturated carbocycles. The molecule has 170 valence electrons. The highest BCUT2D eigenvalue weighted by Crippen LogP contribution is 2.29. The van der Waals surface area contributed by atoms with Gasteiger partial charge in [-0.2, -0.15) is 0 Å². The molecule has 0 fully saturated rings. The third-order valence-electron chi connectivity index (χ3n) is 5.10. The Morgan fingerprint density at radius 3 is 2.19 bits per heavy atom. The lowest BCUT2D eigenvalue weighted by molar-refractivity contribution is 0.565. The molecule has 1 heterocycles. The normalized spacial score (nSPS) is 13.2. The summed E-state index contributed by atoms with van der Waals surface area (Å²) >= 11 is 0. The van der Waals surface area contributed by atoms with Gasteiger partial charge in [-0.3, -0.25) is 4.98 Å². The van der Waals surface area contributed by atoms with Crippen LogP contribution in [0.15, 0.2) is 78.0 Å². The van der Waals surface area contributed by atoms with Crippen molar-refractivity contribution in [3.63, 3.8) is 0 Å². The van der Waals surface area contributed by atoms with Crippen molar-refractivity contribution >= 4 is 19.9 Å². The van der Waals surface area contributed by atoms with E-state index in [1.54, 1.807) is 24.3 Å². The molecular weight excluding hydrogens is 451 g/mol. The molecule has 9 heteroatoms. The summed E-state index contributed by atoms with van der Waals surface area (Å²) in [6.07, 6.45) is 2.91. The van der Waals surface area contributed by atoms with Gasteiger partial charge in [0.1, 0.15) is 11.1 Å². The van der Waals surface area contributed by atoms with Crippen LogP contribution in [0.1, 0.15) is 41.7 Å². The Morgan fingerprint density at radius 1 is 0.906 bits per heavy atom. The van der Waals surface area contributed by atoms with Crippen molar-refractivity contribution in [2.45, 2.75) is 35.7 Å². The maximum absolute atomic E-state index is 13.9. The Morgan fingerprint density at radius 2 is 1.59 bits per heavy atom. The number of nitrogens with one attached hydrogen (secondary N) is 1. The number of pyridine rings is 1. The van der Waals surface area contributed by atoms with Crippen LogP contribution in [-0.4, -0.2) is 28.4 Å². The summed E-state index contributed by atoms with van der Waals surface area (Å²) in [6, 6.07) is 15.3. The van der Waals surface area contributed by atoms with E-state index in [2.05, 4.69) is 9.71 Å². The number of halogens is 1. The Kier molecular flexibility index (Phi) is 7.43. The number of nitrogens with zero attached hydrogens (tertiary/aromatic N) is 1. The lowest BCUT2D eigenvalue weighted by Gasteiger charge is -2.19. The van der Waals surface area contributed by atoms with Crippen LogP contribution in [0.2, 0.25) is 0 Å². The molecule has 1 aromatic heterocycles. The first-order valence-corrected chi connectivity index (χ1v) is 13.2. The van der Waals surface area contributed by atoms with Gasteiger partial charge >= 0.3 is 0 Å². The van der Waals surface area contributed by atoms with Crippen molar-refractivity contribution in [3.8, 4) is 0 Å². The first kappa shape index (κ1) is 24.0. The van der Waals surface area contributed by atoms with E-state index in [4.69, 9.17) is 0 Å². The van der Waals surface area contributed by atoms with Crippen LogP contribution < -0.4 is 4.72 Å². The molecule has 0 aliphatic rings. The van der Waals surface area contributed by atoms with Gasteiger partial charge in [0.05, 0.1) is 10.6 Å². The summed E-state index contributed by atoms with van der Waals surface area (Å²) in [5.41, 5.74) is 1.35. The van der Waals surface area contributed by atoms with Crippen LogP contribution in [0.4, 0.5) is 4.39 Å². The predicted octanol–water partition coefficient (Wildman–Crippen LogP) is 3.98. The molecule has 0 aliphatic carbocycles. The standard InChI is InChI=1S/C23H25FN2O4S2/c1-17(2)18-9-11-21(12-10-18)32(29,30)23(19-7-5-13-25-14-19)15-26-31(27,28)16-20-6-3-4-8-22(20)24/h3-14,17,23,26H,15-16H2,1-2H3. The summed E-state index contributed by atoms with van der Waals surface area (Å²) in [7, 11) is -7.94. The van der Waals surface area contributed by atoms with Crippen molar-refractivity contribution in [2.75, 3.05) is 6.54 Å². The van der Waals surface area contributed by atoms with E-state index in [1.165, 1.54) is 48.8 Å². The number of sulfonamides is 1. The summed E-state index contributed by atoms with van der Waals surface area (Å²) in [5.74, 6) is -0.992. The maximum Gasteiger partial charge on any atom is 0.215 e. The van der Waals surface area contributed by atoms with Crippen LogP contribution in [0.5, 0.6) is 0 Å². The number of hydrogen-bond acceptors (Lipinski definition) is 5. The largest absolute Gasteiger partial charge is 0.264 e. The smallest absolute Gasteiger partial charge is 0.215 e. The first-order chi connectivity index (χ1) is 15.1. The topological polar surface area (TPSA) is 93.2 Å². The van der Waals surface area contributed by atoms with E-state index in [1.807, 2.05) is 13.8 Å². The van der Waals surface area contributed by atoms with Gasteiger partial charge in [0.15, 0.2) is 9.84 Å². The Bertz CT molecular complexity index is 1260. The third kappa shape index (κ3) is 5.79. The summed E-state index contributed by atoms with van der Waals surface area (Å²) in [4.78, 5) is 4.07. The second kappa shape index (κ2) is 9.89. The van der Waals surface area contributed by atoms with E-state index in [0.717, 1.165) is 5.56 Å². The highest BCUT2D eigenvalue weighted by atomic mass is 32.2. The number of benzene rings is 2. The molecule has 0 radical (unpaired) electrons. The first-order valence-electron chi connectivity index (χ1n) is 10.0. The minimum atomic E-state index is -4.00. The highest BCUT2D eigenvalue weighted by molar-refractivity contribution is 7.92. The Labute approximate surface area is 188 Å². The zero-order valence-corrected chi connectivity index (χ0v) is 19.4. The van der Waals surface area contributed by atoms with Crippen LogP contribution in [-0.2, 0) is 25.6 Å². The van der Waals surface area contributed by atoms with Gasteiger partial charge in [0.25, 0.3) is 0 Å². The number of rotatable bonds is 9. The molecule has 0 saturated heterocycles. The van der Waals surface area contributed by atoms with E-state index in [9.17, 15) is 21.2 Å². The van der Waals surface area contributed by atoms with Crippen LogP contribution in [0.3, 0.4) is 0 Å². The zero-order valence-electron chi connectivity index (χ0n) is 17.8. The average molecular weight is 477 g/mol. The fraction of sp³-hybridized carbons (Fsp3) is 0.261. The van der Waals surface area contributed by atoms with Crippen LogP contribution in [0.25, 0.3) is 0 Å². The van der Waals surface area contributed by atoms with Crippen molar-refractivity contribution < 1.29 is 21.2 Å². The van der Waals surface area contributed by atoms with Crippen LogP contribution >= 0.6 is 0 Å². The monoisotopic (exact) mass is 476 g/mol. The quantitative estimate of drug-likeness (QED) is 0.504. The third-order valence-corrected chi connectivity index (χ3v) is 8.51. The van der Waals surface area contributed by atoms with E-state index in [-0.39, 0.29) is 16.4 Å². The second-order valence-corrected chi connectivity index (χ2v) is 11.7. The SMILES string of the molecule is CC(C)c1ccc(S(=O)(=O)C(CNS(=O)(=O)Cc2ccccc2F)c2cccnc2)cc1. The van der Waals surface area contributed by atoms with Gasteiger partial charge in [-0.1, -0.05) is 50.2 Å². The molecule has 32 heavy (non-hydrogen) atoms. The van der Waals surface area contributed by atoms with Gasteiger partial charge in [0, 0.05) is 24.5 Å². The zero-order chi connectivity index (χ0) is 23.4. The fourth-order valence-electron chi connectivity index (χ4n) is 3.25. The molecular formula is C23H25FN2O4S2. The lowest BCUT2D eigenvalue weighted by atomic mass is 10.0. The van der Waals surface area contributed by atoms with Gasteiger partial charge in [0.2, 0.25) is 10.0 Å². The molecule has 0 spiro atoms. The molecule has 0 bridgehead atoms. The summed E-state index contributed by atoms with van der Waals surface area (Å²) in [5, 5.41) is -1.20. The molecule has 3 rings (SSSR count). The minimum Gasteiger partial charge on any atom is -0.264 e. The molecule has 0 aliphatic heterocycles. The van der Waals surface area contributed by atoms with E-state index in [0.29, 0.717) is 5.56 Å². The van der Waals surface area contributed by atoms with Crippen molar-refractivity contribution in [3.05, 3.63) is 95.6 Å². The molecule has 1 unspecified atom stereocenters. The Hall–Kier alpha value is -2.62. The van der Waals surface area contributed by atoms with Gasteiger partial charge < -0.3 is 0 Å². The van der Waals surface area contributed by atoms with Crippen LogP contribution in [0, 0.1) is 5.82 Å². The Balaban J connectivity index is 1.89. The molecule has 2 aromatic carbocycles. The molecule has 6 nitrogen and oxygen atoms in total. The summed E-state index contributed by atoms with van der Waals surface area (Å²) < 4.78 is 68.2. The van der Waals surface area contributed by atoms with E-state index >= 15 is 0 Å². The van der Waals surface area contributed by atoms with Gasteiger partial charge in [-0.25, -0.2) is 25.9 Å². The molecule has 1 N–H and O–H groups in total. The lowest BCUT2D eigenvalue weighted by Crippen LogP contribution is -2.33. The second-order valence-electron chi connectivity index (χ2n) is 7.74. The van der Waals surface area contributed by atoms with Gasteiger partial charge in [-0.05, 0) is 41.3 Å².